The lowest BCUT2D eigenvalue weighted by Gasteiger charge is -2.22. The van der Waals surface area contributed by atoms with E-state index >= 15 is 0 Å². The van der Waals surface area contributed by atoms with Crippen molar-refractivity contribution in [3.63, 3.8) is 0 Å². The first-order chi connectivity index (χ1) is 8.33. The molecule has 4 heteroatoms. The molecular weight excluding hydrogens is 216 g/mol. The molecule has 1 amide bonds. The number of carbonyl (C=O) groups is 1. The molecule has 1 aliphatic rings. The maximum atomic E-state index is 12.0. The van der Waals surface area contributed by atoms with Crippen LogP contribution in [0.15, 0.2) is 24.3 Å². The number of hydrogen-bond donors (Lipinski definition) is 1. The lowest BCUT2D eigenvalue weighted by atomic mass is 10.1. The number of ether oxygens (including phenoxy) is 1. The Labute approximate surface area is 102 Å². The molecule has 1 heterocycles. The van der Waals surface area contributed by atoms with Gasteiger partial charge in [0.15, 0.2) is 0 Å². The average Bonchev–Trinajstić information content (AvgIpc) is 2.58. The Morgan fingerprint density at radius 3 is 3.12 bits per heavy atom. The number of amides is 1. The molecule has 0 spiro atoms. The zero-order valence-corrected chi connectivity index (χ0v) is 10.1. The predicted molar refractivity (Wildman–Crippen MR) is 67.0 cm³/mol. The summed E-state index contributed by atoms with van der Waals surface area (Å²) >= 11 is 0. The van der Waals surface area contributed by atoms with Crippen LogP contribution in [-0.2, 0) is 16.1 Å². The van der Waals surface area contributed by atoms with Crippen molar-refractivity contribution in [3.05, 3.63) is 29.8 Å². The Morgan fingerprint density at radius 1 is 1.47 bits per heavy atom. The second kappa shape index (κ2) is 5.80. The molecule has 1 aromatic carbocycles. The van der Waals surface area contributed by atoms with Gasteiger partial charge in [-0.15, -0.1) is 0 Å². The summed E-state index contributed by atoms with van der Waals surface area (Å²) < 4.78 is 5.19. The van der Waals surface area contributed by atoms with Crippen LogP contribution in [0.5, 0.6) is 0 Å². The van der Waals surface area contributed by atoms with E-state index in [0.29, 0.717) is 13.2 Å². The second-order valence-electron chi connectivity index (χ2n) is 3.99. The average molecular weight is 234 g/mol. The molecule has 0 saturated heterocycles. The fourth-order valence-corrected chi connectivity index (χ4v) is 1.98. The van der Waals surface area contributed by atoms with Gasteiger partial charge >= 0.3 is 0 Å². The summed E-state index contributed by atoms with van der Waals surface area (Å²) in [6.45, 7) is 4.94. The zero-order chi connectivity index (χ0) is 12.1. The number of nitrogens with one attached hydrogen (secondary N) is 1. The lowest BCUT2D eigenvalue weighted by Crippen LogP contribution is -2.37. The summed E-state index contributed by atoms with van der Waals surface area (Å²) in [4.78, 5) is 13.9. The van der Waals surface area contributed by atoms with Crippen LogP contribution in [0.1, 0.15) is 12.5 Å². The van der Waals surface area contributed by atoms with E-state index in [1.165, 1.54) is 0 Å². The molecule has 0 radical (unpaired) electrons. The number of rotatable bonds is 3. The smallest absolute Gasteiger partial charge is 0.253 e. The highest BCUT2D eigenvalue weighted by Gasteiger charge is 2.20. The van der Waals surface area contributed by atoms with Gasteiger partial charge in [0.25, 0.3) is 5.91 Å². The molecule has 2 rings (SSSR count). The predicted octanol–water partition coefficient (Wildman–Crippen LogP) is 1.16. The first-order valence-corrected chi connectivity index (χ1v) is 5.99. The molecule has 0 atom stereocenters. The molecular formula is C13H18N2O2. The van der Waals surface area contributed by atoms with Crippen LogP contribution in [0.4, 0.5) is 5.69 Å². The van der Waals surface area contributed by atoms with Crippen molar-refractivity contribution in [1.29, 1.82) is 0 Å². The fraction of sp³-hybridized carbons (Fsp3) is 0.462. The summed E-state index contributed by atoms with van der Waals surface area (Å²) in [6.07, 6.45) is 0. The largest absolute Gasteiger partial charge is 0.372 e. The number of benzene rings is 1. The van der Waals surface area contributed by atoms with E-state index < -0.39 is 0 Å². The van der Waals surface area contributed by atoms with Gasteiger partial charge in [0, 0.05) is 31.9 Å². The van der Waals surface area contributed by atoms with Crippen molar-refractivity contribution in [2.24, 2.45) is 0 Å². The number of para-hydroxylation sites is 1. The van der Waals surface area contributed by atoms with Crippen molar-refractivity contribution in [3.8, 4) is 0 Å². The molecule has 0 aromatic heterocycles. The number of fused-ring (bicyclic) bond motifs is 1. The van der Waals surface area contributed by atoms with Gasteiger partial charge in [-0.05, 0) is 18.6 Å². The number of anilines is 1. The van der Waals surface area contributed by atoms with Gasteiger partial charge < -0.3 is 15.0 Å². The maximum absolute atomic E-state index is 12.0. The van der Waals surface area contributed by atoms with Crippen LogP contribution in [0, 0.1) is 0 Å². The zero-order valence-electron chi connectivity index (χ0n) is 10.1. The Morgan fingerprint density at radius 2 is 2.29 bits per heavy atom. The van der Waals surface area contributed by atoms with Crippen LogP contribution < -0.4 is 10.2 Å². The van der Waals surface area contributed by atoms with E-state index in [4.69, 9.17) is 4.74 Å². The Kier molecular flexibility index (Phi) is 4.12. The van der Waals surface area contributed by atoms with E-state index in [0.717, 1.165) is 24.3 Å². The van der Waals surface area contributed by atoms with Crippen LogP contribution >= 0.6 is 0 Å². The van der Waals surface area contributed by atoms with Gasteiger partial charge in [-0.2, -0.15) is 0 Å². The van der Waals surface area contributed by atoms with Crippen molar-refractivity contribution in [1.82, 2.24) is 5.32 Å². The fourth-order valence-electron chi connectivity index (χ4n) is 1.98. The third kappa shape index (κ3) is 2.84. The van der Waals surface area contributed by atoms with Gasteiger partial charge in [-0.25, -0.2) is 0 Å². The quantitative estimate of drug-likeness (QED) is 0.853. The van der Waals surface area contributed by atoms with Gasteiger partial charge in [0.2, 0.25) is 0 Å². The lowest BCUT2D eigenvalue weighted by molar-refractivity contribution is -0.122. The number of nitrogens with zero attached hydrogens (tertiary/aromatic N) is 1. The van der Waals surface area contributed by atoms with Crippen molar-refractivity contribution >= 4 is 11.6 Å². The summed E-state index contributed by atoms with van der Waals surface area (Å²) in [5, 5.41) is 3.31. The van der Waals surface area contributed by atoms with E-state index in [2.05, 4.69) is 11.4 Å². The number of carbonyl (C=O) groups excluding carboxylic acids is 1. The Bertz CT molecular complexity index is 393. The maximum Gasteiger partial charge on any atom is 0.253 e. The molecule has 92 valence electrons. The molecule has 1 N–H and O–H groups in total. The normalized spacial score (nSPS) is 15.2. The van der Waals surface area contributed by atoms with Crippen LogP contribution in [0.2, 0.25) is 0 Å². The first kappa shape index (κ1) is 12.1. The van der Waals surface area contributed by atoms with Crippen molar-refractivity contribution in [2.45, 2.75) is 13.5 Å². The first-order valence-electron chi connectivity index (χ1n) is 5.99. The van der Waals surface area contributed by atoms with Gasteiger partial charge in [-0.1, -0.05) is 18.2 Å². The SMILES string of the molecule is CCOCC(=O)N1CCNCc2ccccc21. The van der Waals surface area contributed by atoms with Crippen LogP contribution in [-0.4, -0.2) is 32.2 Å². The highest BCUT2D eigenvalue weighted by molar-refractivity contribution is 5.95. The summed E-state index contributed by atoms with van der Waals surface area (Å²) in [5.41, 5.74) is 2.16. The van der Waals surface area contributed by atoms with E-state index in [1.807, 2.05) is 30.0 Å². The van der Waals surface area contributed by atoms with Gasteiger partial charge in [0.1, 0.15) is 6.61 Å². The minimum atomic E-state index is 0.0306. The monoisotopic (exact) mass is 234 g/mol. The standard InChI is InChI=1S/C13H18N2O2/c1-2-17-10-13(16)15-8-7-14-9-11-5-3-4-6-12(11)15/h3-6,14H,2,7-10H2,1H3. The molecule has 0 saturated carbocycles. The second-order valence-corrected chi connectivity index (χ2v) is 3.99. The summed E-state index contributed by atoms with van der Waals surface area (Å²) in [5.74, 6) is 0.0306. The topological polar surface area (TPSA) is 41.6 Å². The molecule has 1 aromatic rings. The van der Waals surface area contributed by atoms with Crippen LogP contribution in [0.3, 0.4) is 0 Å². The molecule has 0 aliphatic carbocycles. The van der Waals surface area contributed by atoms with Crippen molar-refractivity contribution < 1.29 is 9.53 Å². The third-order valence-corrected chi connectivity index (χ3v) is 2.84. The molecule has 0 fully saturated rings. The summed E-state index contributed by atoms with van der Waals surface area (Å²) in [7, 11) is 0. The highest BCUT2D eigenvalue weighted by atomic mass is 16.5. The highest BCUT2D eigenvalue weighted by Crippen LogP contribution is 2.22. The Hall–Kier alpha value is -1.39. The van der Waals surface area contributed by atoms with Crippen LogP contribution in [0.25, 0.3) is 0 Å². The number of hydrogen-bond acceptors (Lipinski definition) is 3. The minimum Gasteiger partial charge on any atom is -0.372 e. The van der Waals surface area contributed by atoms with E-state index in [9.17, 15) is 4.79 Å². The third-order valence-electron chi connectivity index (χ3n) is 2.84. The molecule has 0 bridgehead atoms. The molecule has 0 unspecified atom stereocenters. The molecule has 1 aliphatic heterocycles. The van der Waals surface area contributed by atoms with Crippen molar-refractivity contribution in [2.75, 3.05) is 31.2 Å². The van der Waals surface area contributed by atoms with Gasteiger partial charge in [0.05, 0.1) is 0 Å². The Balaban J connectivity index is 2.19. The van der Waals surface area contributed by atoms with E-state index in [1.54, 1.807) is 0 Å². The summed E-state index contributed by atoms with van der Waals surface area (Å²) in [6, 6.07) is 8.00. The molecule has 4 nitrogen and oxygen atoms in total. The van der Waals surface area contributed by atoms with Gasteiger partial charge in [-0.3, -0.25) is 4.79 Å². The van der Waals surface area contributed by atoms with E-state index in [-0.39, 0.29) is 12.5 Å². The minimum absolute atomic E-state index is 0.0306. The molecule has 17 heavy (non-hydrogen) atoms.